The molecule has 0 unspecified atom stereocenters. The zero-order valence-corrected chi connectivity index (χ0v) is 17.6. The number of hydrogen-bond acceptors (Lipinski definition) is 5. The maximum atomic E-state index is 12.3. The summed E-state index contributed by atoms with van der Waals surface area (Å²) in [6.45, 7) is 3.81. The molecule has 0 spiro atoms. The van der Waals surface area contributed by atoms with Gasteiger partial charge in [-0.15, -0.1) is 12.4 Å². The van der Waals surface area contributed by atoms with Crippen molar-refractivity contribution in [2.24, 2.45) is 5.73 Å². The van der Waals surface area contributed by atoms with E-state index in [1.807, 2.05) is 11.5 Å². The van der Waals surface area contributed by atoms with Gasteiger partial charge in [0.25, 0.3) is 0 Å². The van der Waals surface area contributed by atoms with Gasteiger partial charge in [-0.3, -0.25) is 4.79 Å². The van der Waals surface area contributed by atoms with Gasteiger partial charge in [-0.05, 0) is 38.1 Å². The van der Waals surface area contributed by atoms with Crippen molar-refractivity contribution in [3.05, 3.63) is 24.0 Å². The van der Waals surface area contributed by atoms with Crippen molar-refractivity contribution < 1.29 is 13.2 Å². The van der Waals surface area contributed by atoms with Crippen molar-refractivity contribution in [2.45, 2.75) is 37.6 Å². The maximum Gasteiger partial charge on any atom is 0.242 e. The number of fused-ring (bicyclic) bond motifs is 1. The molecule has 1 aromatic carbocycles. The fourth-order valence-electron chi connectivity index (χ4n) is 2.72. The van der Waals surface area contributed by atoms with Crippen LogP contribution in [0.2, 0.25) is 0 Å². The van der Waals surface area contributed by atoms with Crippen LogP contribution in [0.5, 0.6) is 0 Å². The van der Waals surface area contributed by atoms with Crippen LogP contribution in [0.1, 0.15) is 25.6 Å². The van der Waals surface area contributed by atoms with E-state index in [1.54, 1.807) is 18.2 Å². The monoisotopic (exact) mass is 417 g/mol. The van der Waals surface area contributed by atoms with Crippen molar-refractivity contribution in [3.63, 3.8) is 0 Å². The zero-order valence-electron chi connectivity index (χ0n) is 15.9. The molecule has 1 heterocycles. The number of aromatic nitrogens is 2. The number of amides is 1. The number of imidazole rings is 1. The van der Waals surface area contributed by atoms with Crippen molar-refractivity contribution >= 4 is 39.4 Å². The second-order valence-electron chi connectivity index (χ2n) is 6.20. The molecule has 10 heteroatoms. The van der Waals surface area contributed by atoms with E-state index in [9.17, 15) is 13.2 Å². The van der Waals surface area contributed by atoms with Crippen molar-refractivity contribution in [1.82, 2.24) is 19.2 Å². The summed E-state index contributed by atoms with van der Waals surface area (Å²) in [5.74, 6) is 0.736. The highest BCUT2D eigenvalue weighted by molar-refractivity contribution is 7.89. The molecule has 8 nitrogen and oxygen atoms in total. The van der Waals surface area contributed by atoms with Gasteiger partial charge in [0.05, 0.1) is 15.9 Å². The lowest BCUT2D eigenvalue weighted by molar-refractivity contribution is -0.121. The number of nitrogens with one attached hydrogen (secondary N) is 1. The number of carbonyl (C=O) groups is 1. The van der Waals surface area contributed by atoms with E-state index in [4.69, 9.17) is 5.73 Å². The lowest BCUT2D eigenvalue weighted by Gasteiger charge is -2.11. The number of aryl methyl sites for hydroxylation is 2. The number of rotatable bonds is 9. The van der Waals surface area contributed by atoms with Gasteiger partial charge >= 0.3 is 0 Å². The van der Waals surface area contributed by atoms with Crippen LogP contribution in [-0.2, 0) is 27.8 Å². The van der Waals surface area contributed by atoms with Crippen molar-refractivity contribution in [3.8, 4) is 0 Å². The number of benzene rings is 1. The lowest BCUT2D eigenvalue weighted by atomic mass is 10.2. The number of nitrogens with two attached hydrogens (primary N) is 1. The Morgan fingerprint density at radius 2 is 2.04 bits per heavy atom. The minimum atomic E-state index is -3.51. The molecule has 0 bridgehead atoms. The molecule has 0 saturated carbocycles. The highest BCUT2D eigenvalue weighted by atomic mass is 35.5. The Kier molecular flexibility index (Phi) is 8.67. The van der Waals surface area contributed by atoms with Crippen LogP contribution >= 0.6 is 12.4 Å². The van der Waals surface area contributed by atoms with Gasteiger partial charge in [0, 0.05) is 40.0 Å². The molecular weight excluding hydrogens is 390 g/mol. The SMILES string of the molecule is CCn1c(CCC(=O)NCCCN)nc2cc(S(=O)(=O)N(C)C)ccc21.Cl. The molecule has 2 aromatic rings. The normalized spacial score (nSPS) is 11.6. The van der Waals surface area contributed by atoms with Crippen LogP contribution in [0.25, 0.3) is 11.0 Å². The Bertz CT molecular complexity index is 880. The Balaban J connectivity index is 0.00000364. The van der Waals surface area contributed by atoms with Crippen LogP contribution in [0.4, 0.5) is 0 Å². The van der Waals surface area contributed by atoms with E-state index in [0.717, 1.165) is 17.8 Å². The second-order valence-corrected chi connectivity index (χ2v) is 8.35. The fraction of sp³-hybridized carbons (Fsp3) is 0.529. The summed E-state index contributed by atoms with van der Waals surface area (Å²) in [4.78, 5) is 16.7. The highest BCUT2D eigenvalue weighted by Gasteiger charge is 2.19. The smallest absolute Gasteiger partial charge is 0.242 e. The molecule has 0 aliphatic heterocycles. The van der Waals surface area contributed by atoms with Crippen LogP contribution in [0.3, 0.4) is 0 Å². The third-order valence-corrected chi connectivity index (χ3v) is 5.98. The van der Waals surface area contributed by atoms with E-state index in [0.29, 0.717) is 38.0 Å². The van der Waals surface area contributed by atoms with Gasteiger partial charge in [0.15, 0.2) is 0 Å². The Morgan fingerprint density at radius 1 is 1.33 bits per heavy atom. The molecule has 3 N–H and O–H groups in total. The summed E-state index contributed by atoms with van der Waals surface area (Å²) in [7, 11) is -0.510. The van der Waals surface area contributed by atoms with Crippen LogP contribution in [-0.4, -0.2) is 55.4 Å². The minimum Gasteiger partial charge on any atom is -0.356 e. The quantitative estimate of drug-likeness (QED) is 0.594. The number of sulfonamides is 1. The summed E-state index contributed by atoms with van der Waals surface area (Å²) >= 11 is 0. The minimum absolute atomic E-state index is 0. The molecule has 0 aliphatic carbocycles. The van der Waals surface area contributed by atoms with Crippen LogP contribution < -0.4 is 11.1 Å². The molecule has 152 valence electrons. The van der Waals surface area contributed by atoms with E-state index in [2.05, 4.69) is 10.3 Å². The van der Waals surface area contributed by atoms with Gasteiger partial charge in [0.2, 0.25) is 15.9 Å². The second kappa shape index (κ2) is 10.0. The average molecular weight is 418 g/mol. The molecular formula is C17H28ClN5O3S. The van der Waals surface area contributed by atoms with Gasteiger partial charge < -0.3 is 15.6 Å². The lowest BCUT2D eigenvalue weighted by Crippen LogP contribution is -2.26. The molecule has 1 amide bonds. The summed E-state index contributed by atoms with van der Waals surface area (Å²) in [6, 6.07) is 4.95. The third-order valence-electron chi connectivity index (χ3n) is 4.17. The van der Waals surface area contributed by atoms with Crippen molar-refractivity contribution in [2.75, 3.05) is 27.2 Å². The molecule has 1 aromatic heterocycles. The number of carbonyl (C=O) groups excluding carboxylic acids is 1. The largest absolute Gasteiger partial charge is 0.356 e. The number of halogens is 1. The summed E-state index contributed by atoms with van der Waals surface area (Å²) in [6.07, 6.45) is 1.58. The third kappa shape index (κ3) is 5.41. The predicted octanol–water partition coefficient (Wildman–Crippen LogP) is 1.13. The van der Waals surface area contributed by atoms with Gasteiger partial charge in [-0.25, -0.2) is 17.7 Å². The number of hydrogen-bond donors (Lipinski definition) is 2. The van der Waals surface area contributed by atoms with Crippen molar-refractivity contribution in [1.29, 1.82) is 0 Å². The van der Waals surface area contributed by atoms with E-state index >= 15 is 0 Å². The highest BCUT2D eigenvalue weighted by Crippen LogP contribution is 2.22. The topological polar surface area (TPSA) is 110 Å². The number of nitrogens with zero attached hydrogens (tertiary/aromatic N) is 3. The first-order chi connectivity index (χ1) is 12.3. The Morgan fingerprint density at radius 3 is 2.63 bits per heavy atom. The molecule has 0 aliphatic rings. The first kappa shape index (κ1) is 23.4. The predicted molar refractivity (Wildman–Crippen MR) is 109 cm³/mol. The standard InChI is InChI=1S/C17H27N5O3S.ClH/c1-4-22-15-7-6-13(26(24,25)21(2)3)12-14(15)20-16(22)8-9-17(23)19-11-5-10-18;/h6-7,12H,4-5,8-11,18H2,1-3H3,(H,19,23);1H. The zero-order chi connectivity index (χ0) is 19.3. The molecule has 0 radical (unpaired) electrons. The van der Waals surface area contributed by atoms with E-state index in [-0.39, 0.29) is 23.2 Å². The molecule has 2 rings (SSSR count). The van der Waals surface area contributed by atoms with Crippen LogP contribution in [0, 0.1) is 0 Å². The van der Waals surface area contributed by atoms with E-state index in [1.165, 1.54) is 18.4 Å². The Hall–Kier alpha value is -1.68. The summed E-state index contributed by atoms with van der Waals surface area (Å²) in [5.41, 5.74) is 6.90. The average Bonchev–Trinajstić information content (AvgIpc) is 2.96. The summed E-state index contributed by atoms with van der Waals surface area (Å²) in [5, 5.41) is 2.83. The van der Waals surface area contributed by atoms with Crippen LogP contribution in [0.15, 0.2) is 23.1 Å². The molecule has 0 saturated heterocycles. The molecule has 27 heavy (non-hydrogen) atoms. The van der Waals surface area contributed by atoms with E-state index < -0.39 is 10.0 Å². The van der Waals surface area contributed by atoms with Gasteiger partial charge in [-0.1, -0.05) is 0 Å². The van der Waals surface area contributed by atoms with Gasteiger partial charge in [-0.2, -0.15) is 0 Å². The summed E-state index contributed by atoms with van der Waals surface area (Å²) < 4.78 is 27.8. The Labute approximate surface area is 166 Å². The molecule has 0 fully saturated rings. The first-order valence-corrected chi connectivity index (χ1v) is 10.1. The maximum absolute atomic E-state index is 12.3. The molecule has 0 atom stereocenters. The fourth-order valence-corrected chi connectivity index (χ4v) is 3.64. The first-order valence-electron chi connectivity index (χ1n) is 8.69. The van der Waals surface area contributed by atoms with Gasteiger partial charge in [0.1, 0.15) is 5.82 Å².